The van der Waals surface area contributed by atoms with Gasteiger partial charge >= 0.3 is 0 Å². The number of carbonyl (C=O) groups is 3. The second-order valence-electron chi connectivity index (χ2n) is 6.84. The summed E-state index contributed by atoms with van der Waals surface area (Å²) in [7, 11) is 0. The quantitative estimate of drug-likeness (QED) is 0.667. The van der Waals surface area contributed by atoms with E-state index in [1.54, 1.807) is 6.92 Å². The van der Waals surface area contributed by atoms with Gasteiger partial charge in [0.1, 0.15) is 0 Å². The van der Waals surface area contributed by atoms with E-state index >= 15 is 0 Å². The van der Waals surface area contributed by atoms with Crippen LogP contribution in [0.1, 0.15) is 64.0 Å². The topological polar surface area (TPSA) is 87.3 Å². The molecule has 0 aromatic heterocycles. The molecule has 1 aromatic carbocycles. The fourth-order valence-corrected chi connectivity index (χ4v) is 3.13. The maximum atomic E-state index is 12.1. The summed E-state index contributed by atoms with van der Waals surface area (Å²) >= 11 is 0. The summed E-state index contributed by atoms with van der Waals surface area (Å²) in [5.74, 6) is 0.0862. The van der Waals surface area contributed by atoms with E-state index in [4.69, 9.17) is 0 Å². The van der Waals surface area contributed by atoms with Crippen LogP contribution in [-0.4, -0.2) is 24.3 Å². The lowest BCUT2D eigenvalue weighted by Gasteiger charge is -2.16. The summed E-state index contributed by atoms with van der Waals surface area (Å²) in [6.45, 7) is 4.09. The minimum absolute atomic E-state index is 0.0289. The van der Waals surface area contributed by atoms with Crippen molar-refractivity contribution in [3.63, 3.8) is 0 Å². The van der Waals surface area contributed by atoms with Gasteiger partial charge < -0.3 is 16.0 Å². The number of nitrogens with one attached hydrogen (secondary N) is 3. The van der Waals surface area contributed by atoms with Crippen molar-refractivity contribution in [2.45, 2.75) is 58.4 Å². The van der Waals surface area contributed by atoms with E-state index < -0.39 is 0 Å². The Kier molecular flexibility index (Phi) is 7.63. The number of benzene rings is 1. The van der Waals surface area contributed by atoms with Crippen molar-refractivity contribution in [3.8, 4) is 0 Å². The molecule has 0 bridgehead atoms. The molecule has 2 rings (SSSR count). The molecule has 0 heterocycles. The van der Waals surface area contributed by atoms with Crippen molar-refractivity contribution in [1.82, 2.24) is 10.6 Å². The number of anilines is 1. The van der Waals surface area contributed by atoms with Gasteiger partial charge in [-0.05, 0) is 37.5 Å². The summed E-state index contributed by atoms with van der Waals surface area (Å²) in [4.78, 5) is 35.4. The number of amides is 3. The fraction of sp³-hybridized carbons (Fsp3) is 0.550. The molecule has 0 radical (unpaired) electrons. The molecule has 3 amide bonds. The number of hydrogen-bond acceptors (Lipinski definition) is 3. The summed E-state index contributed by atoms with van der Waals surface area (Å²) < 4.78 is 0. The molecule has 0 unspecified atom stereocenters. The molecule has 0 saturated heterocycles. The lowest BCUT2D eigenvalue weighted by Crippen LogP contribution is -2.34. The van der Waals surface area contributed by atoms with Gasteiger partial charge in [0.25, 0.3) is 0 Å². The first kappa shape index (κ1) is 19.9. The highest BCUT2D eigenvalue weighted by molar-refractivity contribution is 5.90. The van der Waals surface area contributed by atoms with Crippen LogP contribution < -0.4 is 16.0 Å². The van der Waals surface area contributed by atoms with Gasteiger partial charge in [-0.15, -0.1) is 0 Å². The molecule has 6 heteroatoms. The van der Waals surface area contributed by atoms with E-state index in [-0.39, 0.29) is 36.1 Å². The Bertz CT molecular complexity index is 622. The molecule has 1 aliphatic rings. The average Bonchev–Trinajstić information content (AvgIpc) is 3.16. The van der Waals surface area contributed by atoms with Gasteiger partial charge in [0, 0.05) is 31.0 Å². The molecular formula is C20H29N3O3. The second kappa shape index (κ2) is 9.94. The van der Waals surface area contributed by atoms with E-state index in [1.165, 1.54) is 0 Å². The van der Waals surface area contributed by atoms with Gasteiger partial charge in [-0.1, -0.05) is 31.9 Å². The lowest BCUT2D eigenvalue weighted by atomic mass is 10.1. The monoisotopic (exact) mass is 359 g/mol. The van der Waals surface area contributed by atoms with Crippen LogP contribution in [0.25, 0.3) is 0 Å². The van der Waals surface area contributed by atoms with E-state index in [0.717, 1.165) is 36.9 Å². The maximum Gasteiger partial charge on any atom is 0.224 e. The SMILES string of the molecule is CCC(=O)Nc1ccc([C@@H](C)NC(=O)CCNC(=O)C2CCCC2)cc1. The largest absolute Gasteiger partial charge is 0.355 e. The second-order valence-corrected chi connectivity index (χ2v) is 6.84. The lowest BCUT2D eigenvalue weighted by molar-refractivity contribution is -0.125. The highest BCUT2D eigenvalue weighted by atomic mass is 16.2. The molecule has 0 aliphatic heterocycles. The Morgan fingerprint density at radius 1 is 1.08 bits per heavy atom. The summed E-state index contributed by atoms with van der Waals surface area (Å²) in [5, 5.41) is 8.59. The Morgan fingerprint density at radius 3 is 2.35 bits per heavy atom. The maximum absolute atomic E-state index is 12.1. The average molecular weight is 359 g/mol. The first-order chi connectivity index (χ1) is 12.5. The zero-order valence-electron chi connectivity index (χ0n) is 15.6. The van der Waals surface area contributed by atoms with Crippen LogP contribution in [-0.2, 0) is 14.4 Å². The van der Waals surface area contributed by atoms with Gasteiger partial charge in [0.15, 0.2) is 0 Å². The number of rotatable bonds is 8. The van der Waals surface area contributed by atoms with Crippen LogP contribution in [0.15, 0.2) is 24.3 Å². The van der Waals surface area contributed by atoms with Gasteiger partial charge in [0.05, 0.1) is 6.04 Å². The standard InChI is InChI=1S/C20H29N3O3/c1-3-18(24)23-17-10-8-15(9-11-17)14(2)22-19(25)12-13-21-20(26)16-6-4-5-7-16/h8-11,14,16H,3-7,12-13H2,1-2H3,(H,21,26)(H,22,25)(H,23,24)/t14-/m1/s1. The molecule has 26 heavy (non-hydrogen) atoms. The molecule has 1 aromatic rings. The van der Waals surface area contributed by atoms with Crippen molar-refractivity contribution in [1.29, 1.82) is 0 Å². The Labute approximate surface area is 155 Å². The summed E-state index contributed by atoms with van der Waals surface area (Å²) in [6, 6.07) is 7.29. The van der Waals surface area contributed by atoms with Crippen LogP contribution in [0.2, 0.25) is 0 Å². The molecular weight excluding hydrogens is 330 g/mol. The van der Waals surface area contributed by atoms with Crippen molar-refractivity contribution in [3.05, 3.63) is 29.8 Å². The molecule has 1 aliphatic carbocycles. The fourth-order valence-electron chi connectivity index (χ4n) is 3.13. The van der Waals surface area contributed by atoms with E-state index in [9.17, 15) is 14.4 Å². The Balaban J connectivity index is 1.72. The van der Waals surface area contributed by atoms with Crippen LogP contribution in [0.5, 0.6) is 0 Å². The summed E-state index contributed by atoms with van der Waals surface area (Å²) in [5.41, 5.74) is 1.71. The first-order valence-corrected chi connectivity index (χ1v) is 9.46. The predicted molar refractivity (Wildman–Crippen MR) is 102 cm³/mol. The molecule has 1 fully saturated rings. The first-order valence-electron chi connectivity index (χ1n) is 9.46. The zero-order valence-corrected chi connectivity index (χ0v) is 15.6. The third-order valence-electron chi connectivity index (χ3n) is 4.77. The van der Waals surface area contributed by atoms with Crippen LogP contribution in [0.4, 0.5) is 5.69 Å². The number of hydrogen-bond donors (Lipinski definition) is 3. The predicted octanol–water partition coefficient (Wildman–Crippen LogP) is 2.91. The Morgan fingerprint density at radius 2 is 1.73 bits per heavy atom. The van der Waals surface area contributed by atoms with E-state index in [1.807, 2.05) is 31.2 Å². The normalized spacial score (nSPS) is 15.3. The highest BCUT2D eigenvalue weighted by Crippen LogP contribution is 2.24. The van der Waals surface area contributed by atoms with Crippen LogP contribution in [0, 0.1) is 5.92 Å². The molecule has 0 spiro atoms. The van der Waals surface area contributed by atoms with Crippen LogP contribution >= 0.6 is 0 Å². The Hall–Kier alpha value is -2.37. The molecule has 1 atom stereocenters. The highest BCUT2D eigenvalue weighted by Gasteiger charge is 2.22. The van der Waals surface area contributed by atoms with Gasteiger partial charge in [0.2, 0.25) is 17.7 Å². The minimum atomic E-state index is -0.135. The third-order valence-corrected chi connectivity index (χ3v) is 4.77. The zero-order chi connectivity index (χ0) is 18.9. The van der Waals surface area contributed by atoms with Gasteiger partial charge in [-0.3, -0.25) is 14.4 Å². The van der Waals surface area contributed by atoms with E-state index in [0.29, 0.717) is 13.0 Å². The third kappa shape index (κ3) is 6.17. The number of carbonyl (C=O) groups excluding carboxylic acids is 3. The summed E-state index contributed by atoms with van der Waals surface area (Å²) in [6.07, 6.45) is 4.88. The van der Waals surface area contributed by atoms with Gasteiger partial charge in [-0.2, -0.15) is 0 Å². The molecule has 1 saturated carbocycles. The van der Waals surface area contributed by atoms with Crippen molar-refractivity contribution < 1.29 is 14.4 Å². The minimum Gasteiger partial charge on any atom is -0.355 e. The molecule has 3 N–H and O–H groups in total. The van der Waals surface area contributed by atoms with Crippen molar-refractivity contribution in [2.24, 2.45) is 5.92 Å². The van der Waals surface area contributed by atoms with Crippen LogP contribution in [0.3, 0.4) is 0 Å². The smallest absolute Gasteiger partial charge is 0.224 e. The van der Waals surface area contributed by atoms with Gasteiger partial charge in [-0.25, -0.2) is 0 Å². The van der Waals surface area contributed by atoms with Crippen molar-refractivity contribution >= 4 is 23.4 Å². The van der Waals surface area contributed by atoms with Crippen molar-refractivity contribution in [2.75, 3.05) is 11.9 Å². The molecule has 142 valence electrons. The van der Waals surface area contributed by atoms with E-state index in [2.05, 4.69) is 16.0 Å². The molecule has 6 nitrogen and oxygen atoms in total.